The molecule has 92 valence electrons. The first-order chi connectivity index (χ1) is 7.75. The third kappa shape index (κ3) is 3.09. The Morgan fingerprint density at radius 2 is 1.81 bits per heavy atom. The lowest BCUT2D eigenvalue weighted by Crippen LogP contribution is -2.50. The van der Waals surface area contributed by atoms with Gasteiger partial charge in [-0.05, 0) is 25.7 Å². The predicted molar refractivity (Wildman–Crippen MR) is 59.2 cm³/mol. The molecule has 0 bridgehead atoms. The van der Waals surface area contributed by atoms with E-state index in [1.807, 2.05) is 0 Å². The number of morpholine rings is 1. The van der Waals surface area contributed by atoms with Crippen molar-refractivity contribution >= 4 is 6.03 Å². The number of amides is 2. The highest BCUT2D eigenvalue weighted by molar-refractivity contribution is 5.74. The van der Waals surface area contributed by atoms with Crippen LogP contribution < -0.4 is 5.32 Å². The number of urea groups is 1. The average molecular weight is 228 g/mol. The zero-order chi connectivity index (χ0) is 11.4. The van der Waals surface area contributed by atoms with Crippen LogP contribution in [0.25, 0.3) is 0 Å². The van der Waals surface area contributed by atoms with E-state index in [2.05, 4.69) is 5.32 Å². The Morgan fingerprint density at radius 1 is 1.19 bits per heavy atom. The van der Waals surface area contributed by atoms with Gasteiger partial charge in [-0.2, -0.15) is 0 Å². The summed E-state index contributed by atoms with van der Waals surface area (Å²) in [5, 5.41) is 12.4. The summed E-state index contributed by atoms with van der Waals surface area (Å²) in [7, 11) is 0. The van der Waals surface area contributed by atoms with E-state index in [0.717, 1.165) is 25.7 Å². The number of ether oxygens (including phenoxy) is 1. The first-order valence-electron chi connectivity index (χ1n) is 6.07. The van der Waals surface area contributed by atoms with Gasteiger partial charge in [0.1, 0.15) is 0 Å². The van der Waals surface area contributed by atoms with Crippen molar-refractivity contribution in [3.8, 4) is 0 Å². The summed E-state index contributed by atoms with van der Waals surface area (Å²) in [5.74, 6) is 0. The fourth-order valence-electron chi connectivity index (χ4n) is 2.25. The van der Waals surface area contributed by atoms with Crippen molar-refractivity contribution in [3.63, 3.8) is 0 Å². The predicted octanol–water partition coefficient (Wildman–Crippen LogP) is 0.332. The highest BCUT2D eigenvalue weighted by Crippen LogP contribution is 2.18. The van der Waals surface area contributed by atoms with Crippen molar-refractivity contribution in [2.75, 3.05) is 26.3 Å². The van der Waals surface area contributed by atoms with Crippen LogP contribution in [0.15, 0.2) is 0 Å². The number of aliphatic hydroxyl groups is 1. The Kier molecular flexibility index (Phi) is 4.01. The fourth-order valence-corrected chi connectivity index (χ4v) is 2.25. The molecular weight excluding hydrogens is 208 g/mol. The van der Waals surface area contributed by atoms with E-state index in [1.54, 1.807) is 4.90 Å². The molecule has 0 spiro atoms. The molecule has 1 heterocycles. The van der Waals surface area contributed by atoms with E-state index < -0.39 is 0 Å². The van der Waals surface area contributed by atoms with Gasteiger partial charge in [0.2, 0.25) is 0 Å². The topological polar surface area (TPSA) is 61.8 Å². The van der Waals surface area contributed by atoms with Crippen LogP contribution in [-0.4, -0.2) is 54.5 Å². The molecule has 0 atom stereocenters. The lowest BCUT2D eigenvalue weighted by Gasteiger charge is -2.31. The van der Waals surface area contributed by atoms with E-state index in [4.69, 9.17) is 4.74 Å². The smallest absolute Gasteiger partial charge is 0.317 e. The van der Waals surface area contributed by atoms with E-state index in [1.165, 1.54) is 0 Å². The number of hydrogen-bond acceptors (Lipinski definition) is 3. The monoisotopic (exact) mass is 228 g/mol. The Bertz CT molecular complexity index is 233. The maximum atomic E-state index is 11.8. The molecule has 5 nitrogen and oxygen atoms in total. The SMILES string of the molecule is O=C(NC1CCC(O)CC1)N1CCOCC1. The second-order valence-electron chi connectivity index (χ2n) is 4.55. The zero-order valence-electron chi connectivity index (χ0n) is 9.52. The molecule has 16 heavy (non-hydrogen) atoms. The number of nitrogens with one attached hydrogen (secondary N) is 1. The van der Waals surface area contributed by atoms with Gasteiger partial charge in [0.05, 0.1) is 19.3 Å². The molecule has 0 radical (unpaired) electrons. The summed E-state index contributed by atoms with van der Waals surface area (Å²) in [6.07, 6.45) is 3.20. The minimum Gasteiger partial charge on any atom is -0.393 e. The highest BCUT2D eigenvalue weighted by atomic mass is 16.5. The molecule has 1 saturated carbocycles. The molecule has 1 aliphatic heterocycles. The highest BCUT2D eigenvalue weighted by Gasteiger charge is 2.23. The summed E-state index contributed by atoms with van der Waals surface area (Å²) in [4.78, 5) is 13.6. The van der Waals surface area contributed by atoms with Crippen LogP contribution in [0.4, 0.5) is 4.79 Å². The molecule has 2 amide bonds. The molecule has 5 heteroatoms. The molecule has 0 aromatic carbocycles. The van der Waals surface area contributed by atoms with E-state index in [9.17, 15) is 9.90 Å². The van der Waals surface area contributed by atoms with Crippen LogP contribution in [0.3, 0.4) is 0 Å². The molecule has 0 aromatic heterocycles. The van der Waals surface area contributed by atoms with Gasteiger partial charge in [-0.1, -0.05) is 0 Å². The minimum absolute atomic E-state index is 0.0182. The Morgan fingerprint density at radius 3 is 2.44 bits per heavy atom. The van der Waals surface area contributed by atoms with Crippen LogP contribution in [0.5, 0.6) is 0 Å². The molecule has 1 aliphatic carbocycles. The molecule has 2 fully saturated rings. The summed E-state index contributed by atoms with van der Waals surface area (Å²) in [6.45, 7) is 2.63. The third-order valence-corrected chi connectivity index (χ3v) is 3.32. The van der Waals surface area contributed by atoms with E-state index in [-0.39, 0.29) is 18.2 Å². The number of carbonyl (C=O) groups is 1. The normalized spacial score (nSPS) is 31.2. The van der Waals surface area contributed by atoms with Gasteiger partial charge in [-0.3, -0.25) is 0 Å². The Balaban J connectivity index is 1.73. The third-order valence-electron chi connectivity index (χ3n) is 3.32. The molecule has 0 aromatic rings. The summed E-state index contributed by atoms with van der Waals surface area (Å²) < 4.78 is 5.20. The second kappa shape index (κ2) is 5.50. The molecule has 2 aliphatic rings. The van der Waals surface area contributed by atoms with Crippen molar-refractivity contribution in [1.29, 1.82) is 0 Å². The van der Waals surface area contributed by atoms with Gasteiger partial charge < -0.3 is 20.1 Å². The van der Waals surface area contributed by atoms with Crippen molar-refractivity contribution in [2.45, 2.75) is 37.8 Å². The lowest BCUT2D eigenvalue weighted by molar-refractivity contribution is 0.0510. The van der Waals surface area contributed by atoms with Crippen LogP contribution >= 0.6 is 0 Å². The average Bonchev–Trinajstić information content (AvgIpc) is 2.33. The first kappa shape index (κ1) is 11.7. The number of aliphatic hydroxyl groups excluding tert-OH is 1. The molecule has 0 unspecified atom stereocenters. The lowest BCUT2D eigenvalue weighted by atomic mass is 9.93. The summed E-state index contributed by atoms with van der Waals surface area (Å²) in [5.41, 5.74) is 0. The van der Waals surface area contributed by atoms with Gasteiger partial charge >= 0.3 is 6.03 Å². The summed E-state index contributed by atoms with van der Waals surface area (Å²) >= 11 is 0. The zero-order valence-corrected chi connectivity index (χ0v) is 9.52. The largest absolute Gasteiger partial charge is 0.393 e. The van der Waals surface area contributed by atoms with Crippen LogP contribution in [0.2, 0.25) is 0 Å². The van der Waals surface area contributed by atoms with E-state index >= 15 is 0 Å². The van der Waals surface area contributed by atoms with Gasteiger partial charge in [0, 0.05) is 19.1 Å². The minimum atomic E-state index is -0.170. The Labute approximate surface area is 95.8 Å². The number of rotatable bonds is 1. The van der Waals surface area contributed by atoms with Crippen molar-refractivity contribution in [2.24, 2.45) is 0 Å². The number of carbonyl (C=O) groups excluding carboxylic acids is 1. The molecule has 2 rings (SSSR count). The first-order valence-corrected chi connectivity index (χ1v) is 6.07. The van der Waals surface area contributed by atoms with E-state index in [0.29, 0.717) is 26.3 Å². The second-order valence-corrected chi connectivity index (χ2v) is 4.55. The van der Waals surface area contributed by atoms with Crippen molar-refractivity contribution in [1.82, 2.24) is 10.2 Å². The number of hydrogen-bond donors (Lipinski definition) is 2. The standard InChI is InChI=1S/C11H20N2O3/c14-10-3-1-9(2-4-10)12-11(15)13-5-7-16-8-6-13/h9-10,14H,1-8H2,(H,12,15). The fraction of sp³-hybridized carbons (Fsp3) is 0.909. The van der Waals surface area contributed by atoms with Crippen LogP contribution in [0.1, 0.15) is 25.7 Å². The van der Waals surface area contributed by atoms with Crippen LogP contribution in [-0.2, 0) is 4.74 Å². The van der Waals surface area contributed by atoms with Gasteiger partial charge in [0.25, 0.3) is 0 Å². The van der Waals surface area contributed by atoms with Crippen molar-refractivity contribution in [3.05, 3.63) is 0 Å². The quantitative estimate of drug-likeness (QED) is 0.680. The molecule has 1 saturated heterocycles. The molecule has 2 N–H and O–H groups in total. The summed E-state index contributed by atoms with van der Waals surface area (Å²) in [6, 6.07) is 0.253. The van der Waals surface area contributed by atoms with Crippen molar-refractivity contribution < 1.29 is 14.6 Å². The van der Waals surface area contributed by atoms with Crippen LogP contribution in [0, 0.1) is 0 Å². The Hall–Kier alpha value is -0.810. The molecular formula is C11H20N2O3. The maximum absolute atomic E-state index is 11.8. The van der Waals surface area contributed by atoms with Gasteiger partial charge in [-0.15, -0.1) is 0 Å². The van der Waals surface area contributed by atoms with Gasteiger partial charge in [-0.25, -0.2) is 4.79 Å². The van der Waals surface area contributed by atoms with Gasteiger partial charge in [0.15, 0.2) is 0 Å². The number of nitrogens with zero attached hydrogens (tertiary/aromatic N) is 1. The maximum Gasteiger partial charge on any atom is 0.317 e.